The van der Waals surface area contributed by atoms with Gasteiger partial charge in [0.25, 0.3) is 0 Å². The summed E-state index contributed by atoms with van der Waals surface area (Å²) < 4.78 is 5.67. The highest BCUT2D eigenvalue weighted by Gasteiger charge is 2.13. The number of aromatic nitrogens is 1. The Morgan fingerprint density at radius 1 is 1.10 bits per heavy atom. The van der Waals surface area contributed by atoms with E-state index in [0.717, 1.165) is 17.7 Å². The minimum absolute atomic E-state index is 0.115. The second-order valence-corrected chi connectivity index (χ2v) is 5.93. The summed E-state index contributed by atoms with van der Waals surface area (Å²) in [5.41, 5.74) is 9.14. The Morgan fingerprint density at radius 2 is 1.85 bits per heavy atom. The van der Waals surface area contributed by atoms with Crippen LogP contribution in [0.2, 0.25) is 0 Å². The molecule has 0 aliphatic carbocycles. The lowest BCUT2D eigenvalue weighted by Crippen LogP contribution is -2.11. The van der Waals surface area contributed by atoms with Crippen LogP contribution in [0.1, 0.15) is 31.9 Å². The lowest BCUT2D eigenvalue weighted by molar-refractivity contribution is 0.309. The van der Waals surface area contributed by atoms with Crippen molar-refractivity contribution in [2.24, 2.45) is 0 Å². The highest BCUT2D eigenvalue weighted by Crippen LogP contribution is 2.22. The number of rotatable bonds is 4. The fraction of sp³-hybridized carbons (Fsp3) is 0.353. The molecule has 20 heavy (non-hydrogen) atoms. The first kappa shape index (κ1) is 14.4. The Kier molecular flexibility index (Phi) is 4.28. The summed E-state index contributed by atoms with van der Waals surface area (Å²) in [7, 11) is 0. The molecule has 1 aromatic heterocycles. The van der Waals surface area contributed by atoms with Gasteiger partial charge in [0, 0.05) is 24.4 Å². The van der Waals surface area contributed by atoms with Crippen LogP contribution in [-0.4, -0.2) is 11.6 Å². The van der Waals surface area contributed by atoms with Crippen molar-refractivity contribution < 1.29 is 4.74 Å². The van der Waals surface area contributed by atoms with E-state index in [2.05, 4.69) is 31.8 Å². The third kappa shape index (κ3) is 3.73. The molecule has 0 atom stereocenters. The van der Waals surface area contributed by atoms with Crippen molar-refractivity contribution in [2.75, 3.05) is 12.3 Å². The molecule has 0 unspecified atom stereocenters. The zero-order chi connectivity index (χ0) is 14.6. The number of anilines is 1. The number of nitrogens with zero attached hydrogens (tertiary/aromatic N) is 1. The zero-order valence-electron chi connectivity index (χ0n) is 12.4. The van der Waals surface area contributed by atoms with Gasteiger partial charge in [-0.3, -0.25) is 0 Å². The Hall–Kier alpha value is -2.03. The molecular formula is C17H22N2O. The number of nitrogen functional groups attached to an aromatic ring is 1. The summed E-state index contributed by atoms with van der Waals surface area (Å²) in [6, 6.07) is 11.9. The van der Waals surface area contributed by atoms with Gasteiger partial charge in [-0.05, 0) is 22.6 Å². The van der Waals surface area contributed by atoms with Crippen LogP contribution >= 0.6 is 0 Å². The van der Waals surface area contributed by atoms with Gasteiger partial charge in [0.15, 0.2) is 0 Å². The number of ether oxygens (including phenoxy) is 1. The quantitative estimate of drug-likeness (QED) is 0.864. The summed E-state index contributed by atoms with van der Waals surface area (Å²) in [6.07, 6.45) is 2.67. The molecule has 2 N–H and O–H groups in total. The fourth-order valence-corrected chi connectivity index (χ4v) is 1.94. The first-order valence-electron chi connectivity index (χ1n) is 6.89. The van der Waals surface area contributed by atoms with E-state index in [1.165, 1.54) is 5.56 Å². The van der Waals surface area contributed by atoms with Gasteiger partial charge in [-0.15, -0.1) is 0 Å². The lowest BCUT2D eigenvalue weighted by atomic mass is 9.88. The molecule has 0 bridgehead atoms. The highest BCUT2D eigenvalue weighted by atomic mass is 16.5. The third-order valence-corrected chi connectivity index (χ3v) is 3.28. The number of hydrogen-bond donors (Lipinski definition) is 1. The van der Waals surface area contributed by atoms with Crippen LogP contribution in [0.3, 0.4) is 0 Å². The van der Waals surface area contributed by atoms with Gasteiger partial charge in [-0.2, -0.15) is 0 Å². The van der Waals surface area contributed by atoms with Crippen molar-refractivity contribution in [3.8, 4) is 5.88 Å². The summed E-state index contributed by atoms with van der Waals surface area (Å²) in [5.74, 6) is 0.660. The topological polar surface area (TPSA) is 48.1 Å². The minimum Gasteiger partial charge on any atom is -0.477 e. The number of para-hydroxylation sites is 1. The Balaban J connectivity index is 1.90. The van der Waals surface area contributed by atoms with E-state index in [1.54, 1.807) is 0 Å². The smallest absolute Gasteiger partial charge is 0.213 e. The maximum atomic E-state index is 5.90. The monoisotopic (exact) mass is 270 g/mol. The molecule has 3 nitrogen and oxygen atoms in total. The van der Waals surface area contributed by atoms with Gasteiger partial charge in [0.1, 0.15) is 0 Å². The van der Waals surface area contributed by atoms with Crippen molar-refractivity contribution in [1.29, 1.82) is 0 Å². The van der Waals surface area contributed by atoms with E-state index in [1.807, 2.05) is 36.5 Å². The van der Waals surface area contributed by atoms with E-state index in [0.29, 0.717) is 12.5 Å². The van der Waals surface area contributed by atoms with Crippen LogP contribution in [0.5, 0.6) is 5.88 Å². The highest BCUT2D eigenvalue weighted by molar-refractivity contribution is 5.46. The predicted molar refractivity (Wildman–Crippen MR) is 83.0 cm³/mol. The fourth-order valence-electron chi connectivity index (χ4n) is 1.94. The number of benzene rings is 1. The predicted octanol–water partition coefficient (Wildman–Crippen LogP) is 3.58. The van der Waals surface area contributed by atoms with Crippen LogP contribution < -0.4 is 10.5 Å². The molecular weight excluding hydrogens is 248 g/mol. The van der Waals surface area contributed by atoms with Gasteiger partial charge in [0.05, 0.1) is 6.61 Å². The number of nitrogens with two attached hydrogens (primary N) is 1. The Bertz CT molecular complexity index is 556. The summed E-state index contributed by atoms with van der Waals surface area (Å²) in [4.78, 5) is 4.35. The molecule has 0 saturated carbocycles. The van der Waals surface area contributed by atoms with E-state index >= 15 is 0 Å². The lowest BCUT2D eigenvalue weighted by Gasteiger charge is -2.18. The van der Waals surface area contributed by atoms with Crippen molar-refractivity contribution >= 4 is 5.69 Å². The van der Waals surface area contributed by atoms with Crippen molar-refractivity contribution in [3.63, 3.8) is 0 Å². The van der Waals surface area contributed by atoms with Crippen molar-refractivity contribution in [2.45, 2.75) is 32.6 Å². The number of pyridine rings is 1. The van der Waals surface area contributed by atoms with Crippen LogP contribution in [0.4, 0.5) is 5.69 Å². The average molecular weight is 270 g/mol. The first-order chi connectivity index (χ1) is 9.47. The molecule has 0 spiro atoms. The van der Waals surface area contributed by atoms with Gasteiger partial charge in [-0.1, -0.05) is 45.0 Å². The molecule has 0 aliphatic heterocycles. The molecule has 0 saturated heterocycles. The van der Waals surface area contributed by atoms with Gasteiger partial charge >= 0.3 is 0 Å². The van der Waals surface area contributed by atoms with Crippen molar-refractivity contribution in [3.05, 3.63) is 53.7 Å². The molecule has 0 radical (unpaired) electrons. The summed E-state index contributed by atoms with van der Waals surface area (Å²) >= 11 is 0. The average Bonchev–Trinajstić information content (AvgIpc) is 2.40. The Morgan fingerprint density at radius 3 is 2.45 bits per heavy atom. The van der Waals surface area contributed by atoms with E-state index < -0.39 is 0 Å². The largest absolute Gasteiger partial charge is 0.477 e. The molecule has 0 fully saturated rings. The van der Waals surface area contributed by atoms with Crippen LogP contribution in [0.25, 0.3) is 0 Å². The zero-order valence-corrected chi connectivity index (χ0v) is 12.4. The minimum atomic E-state index is 0.115. The van der Waals surface area contributed by atoms with Crippen LogP contribution in [0.15, 0.2) is 42.6 Å². The molecule has 106 valence electrons. The van der Waals surface area contributed by atoms with E-state index in [9.17, 15) is 0 Å². The van der Waals surface area contributed by atoms with Crippen molar-refractivity contribution in [1.82, 2.24) is 4.98 Å². The maximum Gasteiger partial charge on any atom is 0.213 e. The molecule has 1 aromatic carbocycles. The standard InChI is InChI=1S/C17H22N2O/c1-17(2,3)14-8-9-16(19-12-14)20-11-10-13-6-4-5-7-15(13)18/h4-9,12H,10-11,18H2,1-3H3. The third-order valence-electron chi connectivity index (χ3n) is 3.28. The molecule has 2 rings (SSSR count). The normalized spacial score (nSPS) is 11.3. The molecule has 1 heterocycles. The molecule has 0 aliphatic rings. The maximum absolute atomic E-state index is 5.90. The second kappa shape index (κ2) is 5.95. The second-order valence-electron chi connectivity index (χ2n) is 5.93. The van der Waals surface area contributed by atoms with E-state index in [-0.39, 0.29) is 5.41 Å². The molecule has 3 heteroatoms. The number of hydrogen-bond acceptors (Lipinski definition) is 3. The molecule has 0 amide bonds. The first-order valence-corrected chi connectivity index (χ1v) is 6.89. The van der Waals surface area contributed by atoms with E-state index in [4.69, 9.17) is 10.5 Å². The van der Waals surface area contributed by atoms with Gasteiger partial charge in [-0.25, -0.2) is 4.98 Å². The summed E-state index contributed by atoms with van der Waals surface area (Å²) in [6.45, 7) is 7.09. The van der Waals surface area contributed by atoms with Crippen LogP contribution in [0, 0.1) is 0 Å². The molecule has 2 aromatic rings. The van der Waals surface area contributed by atoms with Gasteiger partial charge in [0.2, 0.25) is 5.88 Å². The summed E-state index contributed by atoms with van der Waals surface area (Å²) in [5, 5.41) is 0. The Labute approximate surface area is 120 Å². The van der Waals surface area contributed by atoms with Crippen LogP contribution in [-0.2, 0) is 11.8 Å². The van der Waals surface area contributed by atoms with Gasteiger partial charge < -0.3 is 10.5 Å². The SMILES string of the molecule is CC(C)(C)c1ccc(OCCc2ccccc2N)nc1.